The van der Waals surface area contributed by atoms with E-state index in [0.717, 1.165) is 33.4 Å². The molecule has 0 heterocycles. The van der Waals surface area contributed by atoms with Gasteiger partial charge in [0.25, 0.3) is 0 Å². The molecule has 8 N–H and O–H groups in total. The minimum absolute atomic E-state index is 0. The predicted molar refractivity (Wildman–Crippen MR) is 433 cm³/mol. The maximum atomic E-state index is 12.7. The average molecular weight is 1820 g/mol. The largest absolute Gasteiger partial charge is 0.508 e. The fourth-order valence-corrected chi connectivity index (χ4v) is 9.70. The van der Waals surface area contributed by atoms with Crippen molar-refractivity contribution >= 4 is 91.0 Å². The van der Waals surface area contributed by atoms with Gasteiger partial charge in [0.2, 0.25) is 6.08 Å². The molecule has 0 spiro atoms. The number of carbonyl (C=O) groups is 9. The summed E-state index contributed by atoms with van der Waals surface area (Å²) in [6, 6.07) is 53.8. The molecule has 30 heteroatoms. The van der Waals surface area contributed by atoms with Gasteiger partial charge in [-0.2, -0.15) is 0 Å². The summed E-state index contributed by atoms with van der Waals surface area (Å²) in [5, 5.41) is 49.1. The molecule has 0 unspecified atom stereocenters. The third-order valence-electron chi connectivity index (χ3n) is 15.2. The average Bonchev–Trinajstić information content (AvgIpc) is 0.785. The maximum Gasteiger partial charge on any atom is 0.412 e. The van der Waals surface area contributed by atoms with Crippen LogP contribution < -0.4 is 40.2 Å². The first kappa shape index (κ1) is 93.7. The molecule has 0 fully saturated rings. The first-order valence-electron chi connectivity index (χ1n) is 35.7. The molecule has 8 aromatic carbocycles. The summed E-state index contributed by atoms with van der Waals surface area (Å²) in [6.45, 7) is 24.7. The minimum atomic E-state index is -0.808. The number of benzene rings is 8. The van der Waals surface area contributed by atoms with E-state index in [0.29, 0.717) is 39.0 Å². The van der Waals surface area contributed by atoms with Gasteiger partial charge in [-0.1, -0.05) is 130 Å². The van der Waals surface area contributed by atoms with E-state index in [4.69, 9.17) is 39.2 Å². The Bertz CT molecular complexity index is 4370. The van der Waals surface area contributed by atoms with Crippen LogP contribution in [0.1, 0.15) is 79.1 Å². The Morgan fingerprint density at radius 2 is 0.479 bits per heavy atom. The van der Waals surface area contributed by atoms with Crippen LogP contribution in [0.25, 0.3) is 22.3 Å². The second kappa shape index (κ2) is 49.5. The van der Waals surface area contributed by atoms with E-state index < -0.39 is 54.2 Å². The molecule has 0 aliphatic heterocycles. The Labute approximate surface area is 702 Å². The van der Waals surface area contributed by atoms with Crippen LogP contribution >= 0.6 is 0 Å². The van der Waals surface area contributed by atoms with Crippen LogP contribution in [0.2, 0.25) is 0 Å². The van der Waals surface area contributed by atoms with E-state index in [1.165, 1.54) is 33.8 Å². The van der Waals surface area contributed by atoms with Crippen LogP contribution in [-0.2, 0) is 52.5 Å². The van der Waals surface area contributed by atoms with Gasteiger partial charge in [-0.25, -0.2) is 52.9 Å². The van der Waals surface area contributed by atoms with Gasteiger partial charge in [0.05, 0.1) is 32.7 Å². The molecular weight excluding hydrogens is 1730 g/mol. The van der Waals surface area contributed by atoms with E-state index in [1.54, 1.807) is 153 Å². The number of esters is 5. The molecule has 0 bridgehead atoms. The van der Waals surface area contributed by atoms with Crippen molar-refractivity contribution in [2.75, 3.05) is 65.8 Å². The number of amides is 4. The monoisotopic (exact) mass is 1820 g/mol. The summed E-state index contributed by atoms with van der Waals surface area (Å²) in [5.74, 6) is -1.55. The van der Waals surface area contributed by atoms with Crippen molar-refractivity contribution in [1.29, 1.82) is 1.34 Å². The van der Waals surface area contributed by atoms with Crippen LogP contribution in [0.3, 0.4) is 0 Å². The first-order valence-corrected chi connectivity index (χ1v) is 35.1. The van der Waals surface area contributed by atoms with Crippen LogP contribution in [0.5, 0.6) is 46.0 Å². The molecular formula is C87H86BN5O23U. The molecule has 0 aliphatic rings. The zero-order valence-electron chi connectivity index (χ0n) is 65.7. The summed E-state index contributed by atoms with van der Waals surface area (Å²) >= 11 is 0. The minimum Gasteiger partial charge on any atom is -0.508 e. The SMILES string of the molecule is C=C(C)C(=O)OCCN=C=O.C=C(C)C(=O)OCCNC(=O)Oc1ccc(C(=C(c2ccc(OC(=O)NCCOC(=O)C(=C)C)cc2)c2ccc(OC(=O)NCCOC(=O)C(=C)C)cc2)c2ccc(OC(=O)NCCOC(=O)C(=C)C)cc2)cc1.Oc1ccc(C(=C(c2ccc(O)cc2)c2ccc(O)cc2)c2ccc(O)cc2)cc1.[2H][B].[U]. The quantitative estimate of drug-likeness (QED) is 0.00284. The van der Waals surface area contributed by atoms with Crippen molar-refractivity contribution in [3.05, 3.63) is 299 Å². The van der Waals surface area contributed by atoms with Crippen molar-refractivity contribution in [2.24, 2.45) is 4.99 Å². The summed E-state index contributed by atoms with van der Waals surface area (Å²) in [4.78, 5) is 121. The van der Waals surface area contributed by atoms with E-state index >= 15 is 0 Å². The molecule has 8 aromatic rings. The van der Waals surface area contributed by atoms with Crippen molar-refractivity contribution < 1.29 is 142 Å². The standard InChI is InChI=1S/C54H56N4O16.C26H20O4.C7H9NO3.BH.U/c1-33(2)47(59)67-29-25-55-51(63)71-41-17-9-37(10-18-41)45(38-11-19-42(20-12-38)72-52(64)56-26-30-68-48(60)34(3)4)46(39-13-21-43(22-14-39)73-53(65)57-27-31-69-49(61)35(5)6)40-15-23-44(24-16-40)74-54(66)58-28-32-70-50(62)36(7)8;27-21-9-1-17(2-10-21)25(18-3-11-22(28)12-4-18)26(19-5-13-23(29)14-6-19)20-7-15-24(30)16-8-20;1-6(2)7(10)11-4-3-8-5-9;;/h9-24H,1,3,5,7,25-32H2,2,4,6,8H3,(H,55,63)(H,56,64)(H,57,65)(H,58,66);1-16,27-30H;1,3-4H2,2H3;1H;/i;;;1D;. The second-order valence-electron chi connectivity index (χ2n) is 24.6. The Morgan fingerprint density at radius 1 is 0.316 bits per heavy atom. The number of hydrogen-bond acceptors (Lipinski definition) is 24. The molecule has 2 radical (unpaired) electrons. The Morgan fingerprint density at radius 3 is 0.641 bits per heavy atom. The number of aliphatic imine (C=N–C) groups is 1. The van der Waals surface area contributed by atoms with Gasteiger partial charge in [0.1, 0.15) is 79.0 Å². The molecule has 0 saturated heterocycles. The summed E-state index contributed by atoms with van der Waals surface area (Å²) < 4.78 is 51.8. The third kappa shape index (κ3) is 33.0. The van der Waals surface area contributed by atoms with E-state index in [9.17, 15) is 68.4 Å². The van der Waals surface area contributed by atoms with Crippen LogP contribution in [0, 0.1) is 31.1 Å². The number of nitrogens with zero attached hydrogens (tertiary/aromatic N) is 1. The van der Waals surface area contributed by atoms with E-state index in [2.05, 4.69) is 72.3 Å². The molecule has 8 rings (SSSR count). The third-order valence-corrected chi connectivity index (χ3v) is 15.2. The molecule has 604 valence electrons. The molecule has 117 heavy (non-hydrogen) atoms. The first-order chi connectivity index (χ1) is 56.0. The van der Waals surface area contributed by atoms with Gasteiger partial charge in [-0.3, -0.25) is 0 Å². The van der Waals surface area contributed by atoms with Crippen molar-refractivity contribution in [1.82, 2.24) is 21.3 Å². The fraction of sp³-hybridized carbons (Fsp3) is 0.172. The van der Waals surface area contributed by atoms with E-state index in [-0.39, 0.29) is 165 Å². The smallest absolute Gasteiger partial charge is 0.412 e. The number of phenolic OH excluding ortho intramolecular Hbond substituents is 4. The summed E-state index contributed by atoms with van der Waals surface area (Å²) in [5.41, 5.74) is 9.95. The number of phenols is 4. The summed E-state index contributed by atoms with van der Waals surface area (Å²) in [7, 11) is 3.75. The Balaban J connectivity index is 0.000000539. The van der Waals surface area contributed by atoms with Gasteiger partial charge in [0.15, 0.2) is 0 Å². The van der Waals surface area contributed by atoms with Crippen LogP contribution in [0.4, 0.5) is 19.2 Å². The Kier molecular flexibility index (Phi) is 39.7. The number of hydrogen-bond donors (Lipinski definition) is 8. The number of aromatic hydroxyl groups is 4. The second-order valence-corrected chi connectivity index (χ2v) is 24.6. The normalized spacial score (nSPS) is 9.94. The Hall–Kier alpha value is -13.9. The molecule has 0 aromatic heterocycles. The number of ether oxygens (including phenoxy) is 9. The fourth-order valence-electron chi connectivity index (χ4n) is 9.70. The molecule has 0 saturated carbocycles. The van der Waals surface area contributed by atoms with Crippen molar-refractivity contribution in [2.45, 2.75) is 34.6 Å². The van der Waals surface area contributed by atoms with Crippen LogP contribution in [0.15, 0.2) is 260 Å². The number of carbonyl (C=O) groups excluding carboxylic acids is 10. The van der Waals surface area contributed by atoms with Gasteiger partial charge in [-0.05, 0) is 200 Å². The molecule has 4 amide bonds. The number of isocyanates is 1. The predicted octanol–water partition coefficient (Wildman–Crippen LogP) is 12.8. The van der Waals surface area contributed by atoms with Gasteiger partial charge >= 0.3 is 54.2 Å². The van der Waals surface area contributed by atoms with Crippen molar-refractivity contribution in [3.63, 3.8) is 0 Å². The van der Waals surface area contributed by atoms with Gasteiger partial charge in [0, 0.05) is 67.4 Å². The molecule has 0 aliphatic carbocycles. The van der Waals surface area contributed by atoms with Crippen molar-refractivity contribution in [3.8, 4) is 46.0 Å². The zero-order valence-corrected chi connectivity index (χ0v) is 68.8. The molecule has 28 nitrogen and oxygen atoms in total. The van der Waals surface area contributed by atoms with Gasteiger partial charge < -0.3 is 84.3 Å². The summed E-state index contributed by atoms with van der Waals surface area (Å²) in [6.07, 6.45) is -1.90. The molecule has 0 atom stereocenters. The maximum absolute atomic E-state index is 12.7. The topological polar surface area (TPSA) is 395 Å². The van der Waals surface area contributed by atoms with Crippen LogP contribution in [-0.4, -0.2) is 156 Å². The number of nitrogens with one attached hydrogen (secondary N) is 4. The zero-order chi connectivity index (χ0) is 85.9. The number of rotatable bonds is 32. The van der Waals surface area contributed by atoms with Gasteiger partial charge in [-0.15, -0.1) is 0 Å². The van der Waals surface area contributed by atoms with E-state index in [1.807, 2.05) is 48.5 Å².